The number of amides is 2. The monoisotopic (exact) mass is 265 g/mol. The highest BCUT2D eigenvalue weighted by atomic mass is 32.2. The summed E-state index contributed by atoms with van der Waals surface area (Å²) in [4.78, 5) is 25.7. The molecule has 0 spiro atoms. The van der Waals surface area contributed by atoms with Gasteiger partial charge in [0, 0.05) is 24.6 Å². The average Bonchev–Trinajstić information content (AvgIpc) is 2.99. The molecule has 0 bridgehead atoms. The second-order valence-electron chi connectivity index (χ2n) is 4.83. The molecule has 2 aliphatic heterocycles. The first kappa shape index (κ1) is 11.6. The Morgan fingerprint density at radius 2 is 2.22 bits per heavy atom. The molecule has 3 rings (SSSR count). The van der Waals surface area contributed by atoms with Gasteiger partial charge in [0.2, 0.25) is 5.91 Å². The van der Waals surface area contributed by atoms with Gasteiger partial charge in [0.15, 0.2) is 0 Å². The van der Waals surface area contributed by atoms with E-state index >= 15 is 0 Å². The summed E-state index contributed by atoms with van der Waals surface area (Å²) in [5.74, 6) is 0.655. The van der Waals surface area contributed by atoms with Crippen molar-refractivity contribution in [1.29, 1.82) is 0 Å². The van der Waals surface area contributed by atoms with Crippen LogP contribution in [0, 0.1) is 0 Å². The van der Waals surface area contributed by atoms with Gasteiger partial charge in [-0.25, -0.2) is 0 Å². The number of carbonyl (C=O) groups is 2. The molecule has 2 atom stereocenters. The van der Waals surface area contributed by atoms with Crippen molar-refractivity contribution in [3.63, 3.8) is 0 Å². The van der Waals surface area contributed by atoms with E-state index in [2.05, 4.69) is 5.43 Å². The minimum atomic E-state index is -0.350. The van der Waals surface area contributed by atoms with Crippen molar-refractivity contribution in [2.75, 3.05) is 11.2 Å². The Labute approximate surface area is 109 Å². The van der Waals surface area contributed by atoms with Gasteiger partial charge in [-0.2, -0.15) is 0 Å². The zero-order valence-electron chi connectivity index (χ0n) is 10.1. The van der Waals surface area contributed by atoms with E-state index in [1.54, 1.807) is 33.7 Å². The summed E-state index contributed by atoms with van der Waals surface area (Å²) in [7, 11) is 0. The lowest BCUT2D eigenvalue weighted by molar-refractivity contribution is -0.136. The van der Waals surface area contributed by atoms with Gasteiger partial charge < -0.3 is 4.90 Å². The topological polar surface area (TPSA) is 54.3 Å². The molecule has 0 saturated carbocycles. The minimum Gasteiger partial charge on any atom is -0.315 e. The van der Waals surface area contributed by atoms with Gasteiger partial charge in [0.05, 0.1) is 4.87 Å². The van der Waals surface area contributed by atoms with Crippen LogP contribution in [0.5, 0.6) is 0 Å². The predicted octanol–water partition coefficient (Wildman–Crippen LogP) is 1.01. The molecule has 5 nitrogen and oxygen atoms in total. The number of fused-ring (bicyclic) bond motifs is 1. The molecule has 0 aliphatic carbocycles. The lowest BCUT2D eigenvalue weighted by atomic mass is 10.2. The fraction of sp³-hybridized carbons (Fsp3) is 0.500. The van der Waals surface area contributed by atoms with Gasteiger partial charge in [0.25, 0.3) is 5.91 Å². The van der Waals surface area contributed by atoms with E-state index in [1.807, 2.05) is 19.1 Å². The quantitative estimate of drug-likeness (QED) is 0.868. The van der Waals surface area contributed by atoms with Crippen molar-refractivity contribution in [2.24, 2.45) is 0 Å². The van der Waals surface area contributed by atoms with Crippen molar-refractivity contribution in [3.8, 4) is 0 Å². The maximum absolute atomic E-state index is 12.2. The molecule has 1 aromatic heterocycles. The number of hydrogen-bond acceptors (Lipinski definition) is 3. The highest BCUT2D eigenvalue weighted by Gasteiger charge is 2.52. The normalized spacial score (nSPS) is 30.6. The second kappa shape index (κ2) is 4.05. The van der Waals surface area contributed by atoms with Crippen LogP contribution in [0.1, 0.15) is 19.8 Å². The van der Waals surface area contributed by atoms with E-state index in [1.165, 1.54) is 0 Å². The van der Waals surface area contributed by atoms with Crippen molar-refractivity contribution in [2.45, 2.75) is 30.7 Å². The van der Waals surface area contributed by atoms with Crippen LogP contribution in [0.25, 0.3) is 0 Å². The van der Waals surface area contributed by atoms with E-state index in [-0.39, 0.29) is 22.7 Å². The third-order valence-corrected chi connectivity index (χ3v) is 5.10. The van der Waals surface area contributed by atoms with Crippen molar-refractivity contribution in [1.82, 2.24) is 9.58 Å². The molecule has 0 unspecified atom stereocenters. The van der Waals surface area contributed by atoms with Gasteiger partial charge in [-0.1, -0.05) is 0 Å². The smallest absolute Gasteiger partial charge is 0.262 e. The summed E-state index contributed by atoms with van der Waals surface area (Å²) in [6.45, 7) is 2.05. The number of thioether (sulfide) groups is 1. The Kier molecular flexibility index (Phi) is 2.62. The molecule has 18 heavy (non-hydrogen) atoms. The van der Waals surface area contributed by atoms with Gasteiger partial charge in [-0.05, 0) is 25.5 Å². The molecule has 2 saturated heterocycles. The Balaban J connectivity index is 1.77. The molecule has 2 aliphatic rings. The summed E-state index contributed by atoms with van der Waals surface area (Å²) >= 11 is 1.70. The second-order valence-corrected chi connectivity index (χ2v) is 6.33. The van der Waals surface area contributed by atoms with Gasteiger partial charge >= 0.3 is 0 Å². The number of carbonyl (C=O) groups excluding carboxylic acids is 2. The third-order valence-electron chi connectivity index (χ3n) is 3.59. The zero-order chi connectivity index (χ0) is 12.8. The average molecular weight is 265 g/mol. The van der Waals surface area contributed by atoms with E-state index < -0.39 is 0 Å². The summed E-state index contributed by atoms with van der Waals surface area (Å²) in [5, 5.41) is 0. The molecule has 0 aromatic carbocycles. The molecular weight excluding hydrogens is 250 g/mol. The number of nitrogens with zero attached hydrogens (tertiary/aromatic N) is 2. The Bertz CT molecular complexity index is 488. The van der Waals surface area contributed by atoms with Crippen molar-refractivity contribution < 1.29 is 9.59 Å². The fourth-order valence-corrected chi connectivity index (χ4v) is 4.06. The van der Waals surface area contributed by atoms with Crippen molar-refractivity contribution in [3.05, 3.63) is 24.5 Å². The van der Waals surface area contributed by atoms with Gasteiger partial charge in [-0.15, -0.1) is 11.8 Å². The van der Waals surface area contributed by atoms with E-state index in [4.69, 9.17) is 0 Å². The Hall–Kier alpha value is -1.43. The van der Waals surface area contributed by atoms with E-state index in [0.717, 1.165) is 6.42 Å². The maximum atomic E-state index is 12.2. The van der Waals surface area contributed by atoms with Crippen molar-refractivity contribution >= 4 is 23.6 Å². The number of rotatable bonds is 2. The lowest BCUT2D eigenvalue weighted by Crippen LogP contribution is -2.49. The standard InChI is InChI=1S/C12H15N3O2S/c1-12-5-4-10(16)15(12)9(8-18-12)11(17)13-14-6-2-3-7-14/h2-3,6-7,9H,4-5,8H2,1H3,(H,13,17)/t9-,12-/m0/s1. The summed E-state index contributed by atoms with van der Waals surface area (Å²) in [6, 6.07) is 3.33. The van der Waals surface area contributed by atoms with Crippen LogP contribution < -0.4 is 5.43 Å². The largest absolute Gasteiger partial charge is 0.315 e. The van der Waals surface area contributed by atoms with E-state index in [0.29, 0.717) is 12.2 Å². The zero-order valence-corrected chi connectivity index (χ0v) is 10.9. The molecule has 0 radical (unpaired) electrons. The molecule has 2 fully saturated rings. The molecule has 1 N–H and O–H groups in total. The Morgan fingerprint density at radius 1 is 1.50 bits per heavy atom. The predicted molar refractivity (Wildman–Crippen MR) is 69.5 cm³/mol. The van der Waals surface area contributed by atoms with Crippen LogP contribution in [-0.2, 0) is 9.59 Å². The van der Waals surface area contributed by atoms with Crippen LogP contribution in [0.4, 0.5) is 0 Å². The molecule has 2 amide bonds. The van der Waals surface area contributed by atoms with Crippen LogP contribution in [0.15, 0.2) is 24.5 Å². The van der Waals surface area contributed by atoms with Gasteiger partial charge in [0.1, 0.15) is 6.04 Å². The first-order valence-electron chi connectivity index (χ1n) is 6.00. The first-order chi connectivity index (χ1) is 8.60. The third kappa shape index (κ3) is 1.71. The molecule has 1 aromatic rings. The molecule has 96 valence electrons. The lowest BCUT2D eigenvalue weighted by Gasteiger charge is -2.29. The highest BCUT2D eigenvalue weighted by molar-refractivity contribution is 8.01. The maximum Gasteiger partial charge on any atom is 0.262 e. The summed E-state index contributed by atoms with van der Waals surface area (Å²) in [5.41, 5.74) is 2.78. The summed E-state index contributed by atoms with van der Waals surface area (Å²) < 4.78 is 1.61. The van der Waals surface area contributed by atoms with Crippen LogP contribution in [-0.4, -0.2) is 38.1 Å². The fourth-order valence-electron chi connectivity index (χ4n) is 2.63. The van der Waals surface area contributed by atoms with Crippen LogP contribution in [0.2, 0.25) is 0 Å². The van der Waals surface area contributed by atoms with Crippen LogP contribution in [0.3, 0.4) is 0 Å². The summed E-state index contributed by atoms with van der Waals surface area (Å²) in [6.07, 6.45) is 4.93. The first-order valence-corrected chi connectivity index (χ1v) is 6.99. The number of nitrogens with one attached hydrogen (secondary N) is 1. The molecule has 6 heteroatoms. The number of hydrogen-bond donors (Lipinski definition) is 1. The molecular formula is C12H15N3O2S. The Morgan fingerprint density at radius 3 is 2.94 bits per heavy atom. The molecule has 3 heterocycles. The highest BCUT2D eigenvalue weighted by Crippen LogP contribution is 2.47. The SMILES string of the molecule is C[C@]12CCC(=O)N1[C@H](C(=O)Nn1cccc1)CS2. The van der Waals surface area contributed by atoms with Crippen LogP contribution >= 0.6 is 11.8 Å². The van der Waals surface area contributed by atoms with Gasteiger partial charge in [-0.3, -0.25) is 19.7 Å². The van der Waals surface area contributed by atoms with E-state index in [9.17, 15) is 9.59 Å². The minimum absolute atomic E-state index is 0.0927. The number of aromatic nitrogens is 1.